The Bertz CT molecular complexity index is 466. The van der Waals surface area contributed by atoms with Crippen LogP contribution in [0.1, 0.15) is 31.1 Å². The number of alkyl halides is 1. The van der Waals surface area contributed by atoms with Gasteiger partial charge < -0.3 is 0 Å². The molecule has 1 aromatic heterocycles. The van der Waals surface area contributed by atoms with Gasteiger partial charge in [-0.2, -0.15) is 0 Å². The van der Waals surface area contributed by atoms with Crippen LogP contribution in [0.2, 0.25) is 0 Å². The summed E-state index contributed by atoms with van der Waals surface area (Å²) in [5.74, 6) is 2.13. The normalized spacial score (nSPS) is 10.8. The van der Waals surface area contributed by atoms with Crippen LogP contribution in [-0.4, -0.2) is 14.8 Å². The van der Waals surface area contributed by atoms with E-state index in [-0.39, 0.29) is 0 Å². The van der Waals surface area contributed by atoms with Crippen molar-refractivity contribution < 1.29 is 0 Å². The standard InChI is InChI=1S/C13H16ClN3/c1-3-10-5-7-11(8-6-10)17-12(4-2)15-16-13(17)9-14/h5-8H,3-4,9H2,1-2H3. The topological polar surface area (TPSA) is 30.7 Å². The molecule has 3 nitrogen and oxygen atoms in total. The number of hydrogen-bond donors (Lipinski definition) is 0. The van der Waals surface area contributed by atoms with Gasteiger partial charge in [-0.3, -0.25) is 4.57 Å². The number of benzene rings is 1. The van der Waals surface area contributed by atoms with Crippen molar-refractivity contribution in [2.45, 2.75) is 32.6 Å². The lowest BCUT2D eigenvalue weighted by molar-refractivity contribution is 0.866. The molecule has 0 aliphatic heterocycles. The molecule has 90 valence electrons. The predicted molar refractivity (Wildman–Crippen MR) is 69.7 cm³/mol. The van der Waals surface area contributed by atoms with Crippen LogP contribution in [-0.2, 0) is 18.7 Å². The molecule has 0 atom stereocenters. The summed E-state index contributed by atoms with van der Waals surface area (Å²) < 4.78 is 2.03. The fourth-order valence-electron chi connectivity index (χ4n) is 1.85. The van der Waals surface area contributed by atoms with E-state index in [1.807, 2.05) is 4.57 Å². The van der Waals surface area contributed by atoms with Crippen molar-refractivity contribution >= 4 is 11.6 Å². The van der Waals surface area contributed by atoms with Crippen molar-refractivity contribution in [3.63, 3.8) is 0 Å². The van der Waals surface area contributed by atoms with Gasteiger partial charge >= 0.3 is 0 Å². The zero-order valence-corrected chi connectivity index (χ0v) is 10.9. The smallest absolute Gasteiger partial charge is 0.152 e. The third-order valence-electron chi connectivity index (χ3n) is 2.84. The lowest BCUT2D eigenvalue weighted by atomic mass is 10.1. The highest BCUT2D eigenvalue weighted by molar-refractivity contribution is 6.16. The summed E-state index contributed by atoms with van der Waals surface area (Å²) in [4.78, 5) is 0. The summed E-state index contributed by atoms with van der Waals surface area (Å²) in [6.07, 6.45) is 1.89. The van der Waals surface area contributed by atoms with E-state index in [0.717, 1.165) is 30.2 Å². The quantitative estimate of drug-likeness (QED) is 0.780. The maximum absolute atomic E-state index is 5.89. The van der Waals surface area contributed by atoms with E-state index in [1.54, 1.807) is 0 Å². The van der Waals surface area contributed by atoms with Crippen LogP contribution in [0.3, 0.4) is 0 Å². The zero-order valence-electron chi connectivity index (χ0n) is 10.2. The van der Waals surface area contributed by atoms with Crippen molar-refractivity contribution in [3.05, 3.63) is 41.5 Å². The van der Waals surface area contributed by atoms with Crippen molar-refractivity contribution in [3.8, 4) is 5.69 Å². The molecular weight excluding hydrogens is 234 g/mol. The van der Waals surface area contributed by atoms with Gasteiger partial charge in [-0.05, 0) is 24.1 Å². The molecule has 17 heavy (non-hydrogen) atoms. The summed E-state index contributed by atoms with van der Waals surface area (Å²) in [6, 6.07) is 8.45. The Balaban J connectivity index is 2.46. The summed E-state index contributed by atoms with van der Waals surface area (Å²) in [5.41, 5.74) is 2.41. The second kappa shape index (κ2) is 5.32. The number of hydrogen-bond acceptors (Lipinski definition) is 2. The zero-order chi connectivity index (χ0) is 12.3. The average Bonchev–Trinajstić information content (AvgIpc) is 2.81. The number of aromatic nitrogens is 3. The molecule has 4 heteroatoms. The van der Waals surface area contributed by atoms with Crippen LogP contribution in [0.5, 0.6) is 0 Å². The third-order valence-corrected chi connectivity index (χ3v) is 3.07. The molecule has 0 N–H and O–H groups in total. The minimum Gasteiger partial charge on any atom is -0.282 e. The van der Waals surface area contributed by atoms with E-state index in [4.69, 9.17) is 11.6 Å². The fraction of sp³-hybridized carbons (Fsp3) is 0.385. The highest BCUT2D eigenvalue weighted by Crippen LogP contribution is 2.16. The molecule has 2 rings (SSSR count). The molecule has 0 unspecified atom stereocenters. The van der Waals surface area contributed by atoms with Gasteiger partial charge in [-0.1, -0.05) is 26.0 Å². The Morgan fingerprint density at radius 1 is 1.00 bits per heavy atom. The average molecular weight is 250 g/mol. The molecule has 0 aliphatic carbocycles. The second-order valence-corrected chi connectivity index (χ2v) is 4.14. The van der Waals surface area contributed by atoms with Crippen molar-refractivity contribution in [1.82, 2.24) is 14.8 Å². The van der Waals surface area contributed by atoms with Crippen LogP contribution in [0.15, 0.2) is 24.3 Å². The monoisotopic (exact) mass is 249 g/mol. The Morgan fingerprint density at radius 2 is 1.65 bits per heavy atom. The Kier molecular flexibility index (Phi) is 3.79. The van der Waals surface area contributed by atoms with Crippen molar-refractivity contribution in [1.29, 1.82) is 0 Å². The first-order valence-electron chi connectivity index (χ1n) is 5.88. The molecule has 1 aromatic carbocycles. The first-order chi connectivity index (χ1) is 8.30. The van der Waals surface area contributed by atoms with Gasteiger partial charge in [0.05, 0.1) is 5.88 Å². The molecule has 0 spiro atoms. The Hall–Kier alpha value is -1.35. The van der Waals surface area contributed by atoms with Crippen molar-refractivity contribution in [2.24, 2.45) is 0 Å². The van der Waals surface area contributed by atoms with Crippen LogP contribution < -0.4 is 0 Å². The number of rotatable bonds is 4. The van der Waals surface area contributed by atoms with Gasteiger partial charge in [0.1, 0.15) is 5.82 Å². The van der Waals surface area contributed by atoms with Gasteiger partial charge in [0.25, 0.3) is 0 Å². The highest BCUT2D eigenvalue weighted by Gasteiger charge is 2.11. The molecule has 0 aliphatic rings. The maximum Gasteiger partial charge on any atom is 0.152 e. The Labute approximate surface area is 106 Å². The molecule has 0 radical (unpaired) electrons. The number of aryl methyl sites for hydroxylation is 2. The SMILES string of the molecule is CCc1ccc(-n2c(CC)nnc2CCl)cc1. The molecule has 1 heterocycles. The van der Waals surface area contributed by atoms with Gasteiger partial charge in [0.15, 0.2) is 5.82 Å². The van der Waals surface area contributed by atoms with Gasteiger partial charge in [-0.25, -0.2) is 0 Å². The van der Waals surface area contributed by atoms with Gasteiger partial charge in [-0.15, -0.1) is 21.8 Å². The van der Waals surface area contributed by atoms with E-state index in [2.05, 4.69) is 48.3 Å². The van der Waals surface area contributed by atoms with Gasteiger partial charge in [0, 0.05) is 12.1 Å². The minimum absolute atomic E-state index is 0.378. The summed E-state index contributed by atoms with van der Waals surface area (Å²) in [6.45, 7) is 4.22. The molecule has 0 fully saturated rings. The first kappa shape index (κ1) is 12.1. The highest BCUT2D eigenvalue weighted by atomic mass is 35.5. The van der Waals surface area contributed by atoms with Crippen LogP contribution in [0.25, 0.3) is 5.69 Å². The fourth-order valence-corrected chi connectivity index (χ4v) is 2.02. The van der Waals surface area contributed by atoms with Crippen LogP contribution in [0, 0.1) is 0 Å². The molecule has 2 aromatic rings. The van der Waals surface area contributed by atoms with E-state index in [9.17, 15) is 0 Å². The predicted octanol–water partition coefficient (Wildman–Crippen LogP) is 3.13. The Morgan fingerprint density at radius 3 is 2.18 bits per heavy atom. The van der Waals surface area contributed by atoms with Crippen molar-refractivity contribution in [2.75, 3.05) is 0 Å². The van der Waals surface area contributed by atoms with E-state index >= 15 is 0 Å². The number of halogens is 1. The largest absolute Gasteiger partial charge is 0.282 e. The van der Waals surface area contributed by atoms with Gasteiger partial charge in [0.2, 0.25) is 0 Å². The number of nitrogens with zero attached hydrogens (tertiary/aromatic N) is 3. The van der Waals surface area contributed by atoms with E-state index in [1.165, 1.54) is 5.56 Å². The molecular formula is C13H16ClN3. The minimum atomic E-state index is 0.378. The maximum atomic E-state index is 5.89. The molecule has 0 saturated heterocycles. The second-order valence-electron chi connectivity index (χ2n) is 3.88. The van der Waals surface area contributed by atoms with E-state index in [0.29, 0.717) is 5.88 Å². The summed E-state index contributed by atoms with van der Waals surface area (Å²) in [5, 5.41) is 8.26. The summed E-state index contributed by atoms with van der Waals surface area (Å²) in [7, 11) is 0. The van der Waals surface area contributed by atoms with E-state index < -0.39 is 0 Å². The summed E-state index contributed by atoms with van der Waals surface area (Å²) >= 11 is 5.89. The van der Waals surface area contributed by atoms with Crippen LogP contribution in [0.4, 0.5) is 0 Å². The molecule has 0 amide bonds. The molecule has 0 saturated carbocycles. The van der Waals surface area contributed by atoms with Crippen LogP contribution >= 0.6 is 11.6 Å². The lowest BCUT2D eigenvalue weighted by Gasteiger charge is -2.08. The molecule has 0 bridgehead atoms. The first-order valence-corrected chi connectivity index (χ1v) is 6.42. The third kappa shape index (κ3) is 2.34. The lowest BCUT2D eigenvalue weighted by Crippen LogP contribution is -2.03.